The largest absolute Gasteiger partial charge is 0.497 e. The summed E-state index contributed by atoms with van der Waals surface area (Å²) < 4.78 is 46.2. The van der Waals surface area contributed by atoms with E-state index in [0.717, 1.165) is 5.56 Å². The molecule has 182 valence electrons. The number of methoxy groups -OCH3 is 4. The number of amidine groups is 1. The summed E-state index contributed by atoms with van der Waals surface area (Å²) in [6.07, 6.45) is 0.0567. The topological polar surface area (TPSA) is 104 Å². The van der Waals surface area contributed by atoms with Crippen molar-refractivity contribution in [2.24, 2.45) is 4.99 Å². The molecular weight excluding hydrogens is 480 g/mol. The SMILES string of the molecule is COc1ccc(OC)c(N2C(=NC(=O)Cc3ccc(OC)c(OC)c3)S[C@H]3CS(=O)(=O)C[C@H]32)c1. The fraction of sp³-hybridized carbons (Fsp3) is 0.391. The fourth-order valence-electron chi connectivity index (χ4n) is 4.14. The molecule has 2 aromatic rings. The Balaban J connectivity index is 1.68. The smallest absolute Gasteiger partial charge is 0.252 e. The van der Waals surface area contributed by atoms with Crippen LogP contribution < -0.4 is 23.8 Å². The molecule has 1 amide bonds. The second-order valence-corrected chi connectivity index (χ2v) is 11.2. The van der Waals surface area contributed by atoms with Crippen molar-refractivity contribution in [3.05, 3.63) is 42.0 Å². The van der Waals surface area contributed by atoms with E-state index in [-0.39, 0.29) is 35.1 Å². The number of hydrogen-bond acceptors (Lipinski definition) is 8. The van der Waals surface area contributed by atoms with Gasteiger partial charge in [0.2, 0.25) is 0 Å². The summed E-state index contributed by atoms with van der Waals surface area (Å²) in [5.74, 6) is 1.87. The molecule has 0 aliphatic carbocycles. The quantitative estimate of drug-likeness (QED) is 0.560. The van der Waals surface area contributed by atoms with Crippen LogP contribution in [0.2, 0.25) is 0 Å². The Morgan fingerprint density at radius 1 is 0.971 bits per heavy atom. The Hall–Kier alpha value is -2.92. The van der Waals surface area contributed by atoms with Gasteiger partial charge < -0.3 is 23.8 Å². The van der Waals surface area contributed by atoms with Crippen molar-refractivity contribution in [2.45, 2.75) is 17.7 Å². The number of aliphatic imine (C=N–C) groups is 1. The van der Waals surface area contributed by atoms with E-state index in [0.29, 0.717) is 33.9 Å². The van der Waals surface area contributed by atoms with Crippen LogP contribution in [0.1, 0.15) is 5.56 Å². The first kappa shape index (κ1) is 24.2. The van der Waals surface area contributed by atoms with Crippen LogP contribution in [0.4, 0.5) is 5.69 Å². The van der Waals surface area contributed by atoms with E-state index in [1.165, 1.54) is 26.0 Å². The number of hydrogen-bond donors (Lipinski definition) is 0. The third kappa shape index (κ3) is 4.80. The highest BCUT2D eigenvalue weighted by atomic mass is 32.2. The fourth-order valence-corrected chi connectivity index (χ4v) is 8.07. The van der Waals surface area contributed by atoms with Gasteiger partial charge in [-0.25, -0.2) is 8.42 Å². The van der Waals surface area contributed by atoms with E-state index >= 15 is 0 Å². The molecule has 9 nitrogen and oxygen atoms in total. The molecule has 0 spiro atoms. The Labute approximate surface area is 203 Å². The van der Waals surface area contributed by atoms with Gasteiger partial charge >= 0.3 is 0 Å². The van der Waals surface area contributed by atoms with Crippen molar-refractivity contribution in [1.82, 2.24) is 0 Å². The third-order valence-corrected chi connectivity index (χ3v) is 8.95. The minimum absolute atomic E-state index is 0.0199. The van der Waals surface area contributed by atoms with E-state index in [4.69, 9.17) is 18.9 Å². The van der Waals surface area contributed by atoms with Gasteiger partial charge in [0.25, 0.3) is 5.91 Å². The molecule has 2 aromatic carbocycles. The lowest BCUT2D eigenvalue weighted by Crippen LogP contribution is -2.38. The summed E-state index contributed by atoms with van der Waals surface area (Å²) in [5.41, 5.74) is 1.33. The Bertz CT molecular complexity index is 1230. The van der Waals surface area contributed by atoms with Crippen molar-refractivity contribution in [2.75, 3.05) is 44.8 Å². The van der Waals surface area contributed by atoms with Crippen LogP contribution in [0.25, 0.3) is 0 Å². The zero-order chi connectivity index (χ0) is 24.5. The van der Waals surface area contributed by atoms with Gasteiger partial charge in [-0.3, -0.25) is 4.79 Å². The molecule has 2 saturated heterocycles. The minimum atomic E-state index is -3.20. The molecule has 2 aliphatic rings. The van der Waals surface area contributed by atoms with Crippen LogP contribution in [0.5, 0.6) is 23.0 Å². The number of ether oxygens (including phenoxy) is 4. The molecule has 0 unspecified atom stereocenters. The number of thioether (sulfide) groups is 1. The lowest BCUT2D eigenvalue weighted by atomic mass is 10.1. The number of nitrogens with zero attached hydrogens (tertiary/aromatic N) is 2. The van der Waals surface area contributed by atoms with E-state index in [2.05, 4.69) is 4.99 Å². The van der Waals surface area contributed by atoms with Crippen LogP contribution >= 0.6 is 11.8 Å². The highest BCUT2D eigenvalue weighted by Crippen LogP contribution is 2.45. The number of sulfone groups is 1. The Kier molecular flexibility index (Phi) is 6.94. The van der Waals surface area contributed by atoms with Gasteiger partial charge in [0, 0.05) is 11.3 Å². The average Bonchev–Trinajstić information content (AvgIpc) is 3.28. The minimum Gasteiger partial charge on any atom is -0.497 e. The normalized spacial score (nSPS) is 21.9. The molecule has 2 atom stereocenters. The van der Waals surface area contributed by atoms with Crippen molar-refractivity contribution >= 4 is 38.4 Å². The Morgan fingerprint density at radius 2 is 1.68 bits per heavy atom. The van der Waals surface area contributed by atoms with Gasteiger partial charge in [0.05, 0.1) is 58.1 Å². The van der Waals surface area contributed by atoms with Gasteiger partial charge in [-0.15, -0.1) is 0 Å². The summed E-state index contributed by atoms with van der Waals surface area (Å²) in [7, 11) is 2.97. The monoisotopic (exact) mass is 506 g/mol. The molecule has 4 rings (SSSR count). The standard InChI is InChI=1S/C23H26N2O7S2/c1-29-15-6-8-18(30-2)16(11-15)25-17-12-34(27,28)13-21(17)33-23(25)24-22(26)10-14-5-7-19(31-3)20(9-14)32-4/h5-9,11,17,21H,10,12-13H2,1-4H3/t17-,21+/m1/s1. The summed E-state index contributed by atoms with van der Waals surface area (Å²) in [4.78, 5) is 19.1. The van der Waals surface area contributed by atoms with Crippen LogP contribution in [-0.4, -0.2) is 70.7 Å². The highest BCUT2D eigenvalue weighted by molar-refractivity contribution is 8.16. The summed E-state index contributed by atoms with van der Waals surface area (Å²) in [5, 5.41) is 0.218. The number of fused-ring (bicyclic) bond motifs is 1. The second-order valence-electron chi connectivity index (χ2n) is 7.86. The van der Waals surface area contributed by atoms with Crippen molar-refractivity contribution in [3.8, 4) is 23.0 Å². The van der Waals surface area contributed by atoms with Crippen LogP contribution in [-0.2, 0) is 21.1 Å². The van der Waals surface area contributed by atoms with Crippen LogP contribution in [0, 0.1) is 0 Å². The highest BCUT2D eigenvalue weighted by Gasteiger charge is 2.50. The summed E-state index contributed by atoms with van der Waals surface area (Å²) in [6, 6.07) is 10.2. The zero-order valence-electron chi connectivity index (χ0n) is 19.3. The first-order valence-corrected chi connectivity index (χ1v) is 13.2. The summed E-state index contributed by atoms with van der Waals surface area (Å²) >= 11 is 1.31. The third-order valence-electron chi connectivity index (χ3n) is 5.74. The lowest BCUT2D eigenvalue weighted by Gasteiger charge is -2.26. The van der Waals surface area contributed by atoms with Crippen molar-refractivity contribution < 1.29 is 32.2 Å². The van der Waals surface area contributed by atoms with E-state index in [1.807, 2.05) is 0 Å². The first-order chi connectivity index (χ1) is 16.3. The maximum atomic E-state index is 13.0. The number of carbonyl (C=O) groups is 1. The van der Waals surface area contributed by atoms with Crippen LogP contribution in [0.15, 0.2) is 41.4 Å². The van der Waals surface area contributed by atoms with Gasteiger partial charge in [-0.2, -0.15) is 4.99 Å². The molecule has 0 saturated carbocycles. The maximum absolute atomic E-state index is 13.0. The molecule has 2 aliphatic heterocycles. The molecule has 0 aromatic heterocycles. The van der Waals surface area contributed by atoms with E-state index < -0.39 is 9.84 Å². The molecule has 2 heterocycles. The average molecular weight is 507 g/mol. The van der Waals surface area contributed by atoms with Crippen LogP contribution in [0.3, 0.4) is 0 Å². The van der Waals surface area contributed by atoms with E-state index in [1.54, 1.807) is 55.5 Å². The van der Waals surface area contributed by atoms with Gasteiger partial charge in [-0.1, -0.05) is 17.8 Å². The van der Waals surface area contributed by atoms with Gasteiger partial charge in [-0.05, 0) is 29.8 Å². The molecule has 11 heteroatoms. The Morgan fingerprint density at radius 3 is 2.35 bits per heavy atom. The first-order valence-electron chi connectivity index (χ1n) is 10.5. The predicted molar refractivity (Wildman–Crippen MR) is 132 cm³/mol. The summed E-state index contributed by atoms with van der Waals surface area (Å²) in [6.45, 7) is 0. The molecule has 0 N–H and O–H groups in total. The molecule has 0 bridgehead atoms. The molecular formula is C23H26N2O7S2. The predicted octanol–water partition coefficient (Wildman–Crippen LogP) is 2.57. The number of amides is 1. The number of benzene rings is 2. The molecule has 2 fully saturated rings. The zero-order valence-corrected chi connectivity index (χ0v) is 20.9. The van der Waals surface area contributed by atoms with Gasteiger partial charge in [0.15, 0.2) is 26.5 Å². The van der Waals surface area contributed by atoms with E-state index in [9.17, 15) is 13.2 Å². The second kappa shape index (κ2) is 9.75. The maximum Gasteiger partial charge on any atom is 0.252 e. The van der Waals surface area contributed by atoms with Crippen molar-refractivity contribution in [1.29, 1.82) is 0 Å². The number of rotatable bonds is 7. The molecule has 34 heavy (non-hydrogen) atoms. The molecule has 0 radical (unpaired) electrons. The van der Waals surface area contributed by atoms with Gasteiger partial charge in [0.1, 0.15) is 11.5 Å². The lowest BCUT2D eigenvalue weighted by molar-refractivity contribution is -0.117. The number of anilines is 1. The van der Waals surface area contributed by atoms with Crippen molar-refractivity contribution in [3.63, 3.8) is 0 Å². The number of carbonyl (C=O) groups excluding carboxylic acids is 1.